The number of hydrogen-bond donors (Lipinski definition) is 1. The maximum Gasteiger partial charge on any atom is 0.305 e. The molecule has 0 aliphatic carbocycles. The minimum absolute atomic E-state index is 0.0777. The molecule has 112 valence electrons. The summed E-state index contributed by atoms with van der Waals surface area (Å²) >= 11 is 1.45. The van der Waals surface area contributed by atoms with Gasteiger partial charge in [-0.05, 0) is 12.8 Å². The van der Waals surface area contributed by atoms with Crippen LogP contribution in [0, 0.1) is 0 Å². The van der Waals surface area contributed by atoms with Gasteiger partial charge in [0.05, 0.1) is 19.1 Å². The first-order chi connectivity index (χ1) is 9.56. The number of nitrogens with zero attached hydrogens (tertiary/aromatic N) is 3. The van der Waals surface area contributed by atoms with Crippen LogP contribution in [0.4, 0.5) is 5.13 Å². The Kier molecular flexibility index (Phi) is 5.31. The van der Waals surface area contributed by atoms with E-state index in [1.54, 1.807) is 0 Å². The van der Waals surface area contributed by atoms with E-state index in [-0.39, 0.29) is 12.5 Å². The zero-order chi connectivity index (χ0) is 14.5. The summed E-state index contributed by atoms with van der Waals surface area (Å²) in [6.07, 6.45) is 2.07. The van der Waals surface area contributed by atoms with Gasteiger partial charge in [0.1, 0.15) is 5.82 Å². The van der Waals surface area contributed by atoms with Gasteiger partial charge >= 0.3 is 5.97 Å². The summed E-state index contributed by atoms with van der Waals surface area (Å²) in [4.78, 5) is 17.2. The second-order valence-corrected chi connectivity index (χ2v) is 6.02. The van der Waals surface area contributed by atoms with Gasteiger partial charge in [0.2, 0.25) is 5.13 Å². The predicted molar refractivity (Wildman–Crippen MR) is 77.4 cm³/mol. The van der Waals surface area contributed by atoms with Crippen LogP contribution < -0.4 is 4.90 Å². The number of anilines is 1. The molecule has 1 N–H and O–H groups in total. The molecule has 1 saturated heterocycles. The Morgan fingerprint density at radius 1 is 1.50 bits per heavy atom. The van der Waals surface area contributed by atoms with Crippen molar-refractivity contribution in [3.63, 3.8) is 0 Å². The van der Waals surface area contributed by atoms with Gasteiger partial charge in [-0.25, -0.2) is 4.98 Å². The molecule has 0 radical (unpaired) electrons. The van der Waals surface area contributed by atoms with Crippen molar-refractivity contribution in [2.75, 3.05) is 24.6 Å². The average Bonchev–Trinajstić information content (AvgIpc) is 2.89. The number of carboxylic acids is 1. The third kappa shape index (κ3) is 4.14. The topological polar surface area (TPSA) is 75.6 Å². The smallest absolute Gasteiger partial charge is 0.305 e. The molecule has 1 fully saturated rings. The molecule has 0 aromatic carbocycles. The number of piperidine rings is 1. The van der Waals surface area contributed by atoms with Crippen LogP contribution in [0.1, 0.15) is 44.9 Å². The fraction of sp³-hybridized carbons (Fsp3) is 0.769. The highest BCUT2D eigenvalue weighted by atomic mass is 32.1. The second-order valence-electron chi connectivity index (χ2n) is 5.29. The third-order valence-electron chi connectivity index (χ3n) is 3.33. The highest BCUT2D eigenvalue weighted by Crippen LogP contribution is 2.25. The summed E-state index contributed by atoms with van der Waals surface area (Å²) < 4.78 is 9.95. The molecule has 0 atom stereocenters. The number of ether oxygens (including phenoxy) is 1. The van der Waals surface area contributed by atoms with Crippen LogP contribution in [0.15, 0.2) is 0 Å². The summed E-state index contributed by atoms with van der Waals surface area (Å²) in [6, 6.07) is 0. The monoisotopic (exact) mass is 299 g/mol. The van der Waals surface area contributed by atoms with Crippen LogP contribution in [0.3, 0.4) is 0 Å². The normalized spacial score (nSPS) is 16.9. The minimum atomic E-state index is -0.808. The summed E-state index contributed by atoms with van der Waals surface area (Å²) in [6.45, 7) is 6.27. The van der Waals surface area contributed by atoms with E-state index in [1.165, 1.54) is 11.5 Å². The average molecular weight is 299 g/mol. The van der Waals surface area contributed by atoms with E-state index >= 15 is 0 Å². The third-order valence-corrected chi connectivity index (χ3v) is 4.12. The van der Waals surface area contributed by atoms with Crippen molar-refractivity contribution in [1.29, 1.82) is 0 Å². The first-order valence-electron chi connectivity index (χ1n) is 6.98. The molecule has 1 aromatic rings. The number of carbonyl (C=O) groups is 1. The molecular weight excluding hydrogens is 278 g/mol. The molecule has 0 unspecified atom stereocenters. The quantitative estimate of drug-likeness (QED) is 0.867. The minimum Gasteiger partial charge on any atom is -0.481 e. The molecule has 1 aliphatic heterocycles. The van der Waals surface area contributed by atoms with Crippen molar-refractivity contribution in [3.05, 3.63) is 5.82 Å². The summed E-state index contributed by atoms with van der Waals surface area (Å²) in [5, 5.41) is 9.56. The molecule has 0 spiro atoms. The van der Waals surface area contributed by atoms with Crippen molar-refractivity contribution in [2.45, 2.75) is 45.1 Å². The summed E-state index contributed by atoms with van der Waals surface area (Å²) in [5.41, 5.74) is 0. The molecule has 0 saturated carbocycles. The van der Waals surface area contributed by atoms with Crippen LogP contribution in [0.25, 0.3) is 0 Å². The van der Waals surface area contributed by atoms with Crippen molar-refractivity contribution < 1.29 is 14.6 Å². The molecule has 2 heterocycles. The fourth-order valence-corrected chi connectivity index (χ4v) is 2.98. The van der Waals surface area contributed by atoms with Crippen LogP contribution in [0.5, 0.6) is 0 Å². The van der Waals surface area contributed by atoms with Gasteiger partial charge in [0, 0.05) is 30.5 Å². The van der Waals surface area contributed by atoms with Gasteiger partial charge < -0.3 is 14.7 Å². The molecular formula is C13H21N3O3S. The van der Waals surface area contributed by atoms with E-state index in [1.807, 2.05) is 0 Å². The van der Waals surface area contributed by atoms with E-state index in [2.05, 4.69) is 28.1 Å². The lowest BCUT2D eigenvalue weighted by Crippen LogP contribution is -2.37. The molecule has 0 amide bonds. The Balaban J connectivity index is 1.77. The maximum atomic E-state index is 10.4. The lowest BCUT2D eigenvalue weighted by atomic mass is 10.1. The fourth-order valence-electron chi connectivity index (χ4n) is 2.12. The molecule has 2 rings (SSSR count). The highest BCUT2D eigenvalue weighted by Gasteiger charge is 2.22. The number of rotatable bonds is 6. The van der Waals surface area contributed by atoms with Gasteiger partial charge in [-0.1, -0.05) is 13.8 Å². The van der Waals surface area contributed by atoms with Crippen LogP contribution in [0.2, 0.25) is 0 Å². The lowest BCUT2D eigenvalue weighted by molar-refractivity contribution is -0.138. The molecule has 20 heavy (non-hydrogen) atoms. The van der Waals surface area contributed by atoms with Crippen LogP contribution in [-0.2, 0) is 9.53 Å². The first kappa shape index (κ1) is 15.2. The van der Waals surface area contributed by atoms with Crippen molar-refractivity contribution in [2.24, 2.45) is 0 Å². The van der Waals surface area contributed by atoms with Gasteiger partial charge in [-0.3, -0.25) is 4.79 Å². The standard InChI is InChI=1S/C13H21N3O3S/c1-9(2)12-14-13(20-15-12)16-6-3-10(4-7-16)19-8-5-11(17)18/h9-10H,3-8H2,1-2H3,(H,17,18). The first-order valence-corrected chi connectivity index (χ1v) is 7.75. The van der Waals surface area contributed by atoms with Crippen molar-refractivity contribution in [1.82, 2.24) is 9.36 Å². The van der Waals surface area contributed by atoms with E-state index in [0.717, 1.165) is 36.9 Å². The Morgan fingerprint density at radius 3 is 2.75 bits per heavy atom. The zero-order valence-corrected chi connectivity index (χ0v) is 12.7. The molecule has 0 bridgehead atoms. The lowest BCUT2D eigenvalue weighted by Gasteiger charge is -2.31. The van der Waals surface area contributed by atoms with E-state index < -0.39 is 5.97 Å². The Labute approximate surface area is 122 Å². The highest BCUT2D eigenvalue weighted by molar-refractivity contribution is 7.09. The number of aromatic nitrogens is 2. The number of hydrogen-bond acceptors (Lipinski definition) is 6. The predicted octanol–water partition coefficient (Wildman–Crippen LogP) is 2.12. The van der Waals surface area contributed by atoms with E-state index in [0.29, 0.717) is 12.5 Å². The Hall–Kier alpha value is -1.21. The molecule has 6 nitrogen and oxygen atoms in total. The van der Waals surface area contributed by atoms with Gasteiger partial charge in [0.25, 0.3) is 0 Å². The SMILES string of the molecule is CC(C)c1nsc(N2CCC(OCCC(=O)O)CC2)n1. The molecule has 7 heteroatoms. The van der Waals surface area contributed by atoms with E-state index in [9.17, 15) is 4.79 Å². The Morgan fingerprint density at radius 2 is 2.20 bits per heavy atom. The summed E-state index contributed by atoms with van der Waals surface area (Å²) in [5.74, 6) is 0.458. The largest absolute Gasteiger partial charge is 0.481 e. The maximum absolute atomic E-state index is 10.4. The number of carboxylic acid groups (broad SMARTS) is 1. The zero-order valence-electron chi connectivity index (χ0n) is 11.9. The van der Waals surface area contributed by atoms with E-state index in [4.69, 9.17) is 9.84 Å². The van der Waals surface area contributed by atoms with Crippen molar-refractivity contribution in [3.8, 4) is 0 Å². The molecule has 1 aliphatic rings. The van der Waals surface area contributed by atoms with Crippen LogP contribution >= 0.6 is 11.5 Å². The number of aliphatic carboxylic acids is 1. The van der Waals surface area contributed by atoms with Gasteiger partial charge in [-0.15, -0.1) is 0 Å². The molecule has 1 aromatic heterocycles. The van der Waals surface area contributed by atoms with Crippen molar-refractivity contribution >= 4 is 22.6 Å². The van der Waals surface area contributed by atoms with Gasteiger partial charge in [0.15, 0.2) is 0 Å². The van der Waals surface area contributed by atoms with Crippen LogP contribution in [-0.4, -0.2) is 46.2 Å². The summed E-state index contributed by atoms with van der Waals surface area (Å²) in [7, 11) is 0. The second kappa shape index (κ2) is 6.99. The van der Waals surface area contributed by atoms with Gasteiger partial charge in [-0.2, -0.15) is 4.37 Å². The Bertz CT molecular complexity index is 442.